The smallest absolute Gasteiger partial charge is 0.240 e. The molecule has 0 bridgehead atoms. The van der Waals surface area contributed by atoms with E-state index in [0.29, 0.717) is 18.6 Å². The number of amides is 1. The first-order valence-electron chi connectivity index (χ1n) is 10.2. The molecule has 0 aliphatic carbocycles. The minimum atomic E-state index is -0.191. The number of rotatable bonds is 6. The number of hydrazone groups is 1. The zero-order chi connectivity index (χ0) is 22.5. The van der Waals surface area contributed by atoms with E-state index in [-0.39, 0.29) is 16.7 Å². The van der Waals surface area contributed by atoms with Gasteiger partial charge in [0.25, 0.3) is 0 Å². The third-order valence-electron chi connectivity index (χ3n) is 4.92. The molecule has 2 N–H and O–H groups in total. The molecule has 0 saturated heterocycles. The number of aryl methyl sites for hydroxylation is 1. The maximum absolute atomic E-state index is 12.3. The van der Waals surface area contributed by atoms with Gasteiger partial charge in [-0.3, -0.25) is 4.79 Å². The molecule has 0 radical (unpaired) electrons. The molecule has 0 heterocycles. The summed E-state index contributed by atoms with van der Waals surface area (Å²) < 4.78 is 5.18. The summed E-state index contributed by atoms with van der Waals surface area (Å²) in [5.41, 5.74) is 5.89. The van der Waals surface area contributed by atoms with Gasteiger partial charge in [-0.1, -0.05) is 65.8 Å². The number of phenolic OH excluding ortho intramolecular Hbond substituents is 1. The van der Waals surface area contributed by atoms with Crippen molar-refractivity contribution in [1.82, 2.24) is 5.43 Å². The average Bonchev–Trinajstić information content (AvgIpc) is 2.65. The van der Waals surface area contributed by atoms with Gasteiger partial charge in [-0.05, 0) is 51.6 Å². The molecule has 162 valence electrons. The van der Waals surface area contributed by atoms with Crippen molar-refractivity contribution in [1.29, 1.82) is 0 Å². The van der Waals surface area contributed by atoms with Gasteiger partial charge in [0.1, 0.15) is 11.5 Å². The molecule has 0 aliphatic heterocycles. The summed E-state index contributed by atoms with van der Waals surface area (Å²) in [5.74, 6) is 0.935. The summed E-state index contributed by atoms with van der Waals surface area (Å²) in [6.07, 6.45) is 2.48. The number of ether oxygens (including phenoxy) is 1. The molecule has 1 amide bonds. The predicted molar refractivity (Wildman–Crippen MR) is 123 cm³/mol. The van der Waals surface area contributed by atoms with Crippen molar-refractivity contribution in [2.24, 2.45) is 5.10 Å². The van der Waals surface area contributed by atoms with Crippen LogP contribution >= 0.6 is 0 Å². The van der Waals surface area contributed by atoms with Gasteiger partial charge in [-0.15, -0.1) is 0 Å². The van der Waals surface area contributed by atoms with Crippen LogP contribution in [0.2, 0.25) is 0 Å². The Morgan fingerprint density at radius 1 is 1.07 bits per heavy atom. The van der Waals surface area contributed by atoms with E-state index >= 15 is 0 Å². The van der Waals surface area contributed by atoms with Gasteiger partial charge in [0.15, 0.2) is 0 Å². The van der Waals surface area contributed by atoms with Crippen LogP contribution in [0.5, 0.6) is 11.5 Å². The molecule has 2 aromatic rings. The Bertz CT molecular complexity index is 884. The van der Waals surface area contributed by atoms with Crippen LogP contribution in [-0.4, -0.2) is 24.3 Å². The number of hydrogen-bond acceptors (Lipinski definition) is 4. The fourth-order valence-corrected chi connectivity index (χ4v) is 3.20. The lowest BCUT2D eigenvalue weighted by Gasteiger charge is -2.28. The summed E-state index contributed by atoms with van der Waals surface area (Å²) in [6.45, 7) is 12.5. The van der Waals surface area contributed by atoms with Crippen LogP contribution in [0.1, 0.15) is 70.2 Å². The Morgan fingerprint density at radius 2 is 1.67 bits per heavy atom. The number of aromatic hydroxyl groups is 1. The van der Waals surface area contributed by atoms with Gasteiger partial charge in [-0.25, -0.2) is 5.43 Å². The second-order valence-electron chi connectivity index (χ2n) is 9.61. The summed E-state index contributed by atoms with van der Waals surface area (Å²) in [7, 11) is 1.61. The van der Waals surface area contributed by atoms with Gasteiger partial charge >= 0.3 is 0 Å². The van der Waals surface area contributed by atoms with Gasteiger partial charge in [-0.2, -0.15) is 5.10 Å². The Hall–Kier alpha value is -2.82. The van der Waals surface area contributed by atoms with Gasteiger partial charge < -0.3 is 9.84 Å². The van der Waals surface area contributed by atoms with E-state index in [1.807, 2.05) is 36.4 Å². The van der Waals surface area contributed by atoms with Crippen molar-refractivity contribution in [3.8, 4) is 11.5 Å². The van der Waals surface area contributed by atoms with Crippen LogP contribution in [-0.2, 0) is 22.0 Å². The summed E-state index contributed by atoms with van der Waals surface area (Å²) in [5, 5.41) is 14.9. The van der Waals surface area contributed by atoms with Crippen LogP contribution < -0.4 is 10.2 Å². The Morgan fingerprint density at radius 3 is 2.20 bits per heavy atom. The lowest BCUT2D eigenvalue weighted by atomic mass is 9.78. The van der Waals surface area contributed by atoms with Gasteiger partial charge in [0.2, 0.25) is 5.91 Å². The number of carbonyl (C=O) groups excluding carboxylic acids is 1. The number of methoxy groups -OCH3 is 1. The molecule has 2 aromatic carbocycles. The molecular formula is C25H34N2O3. The standard InChI is InChI=1S/C25H34N2O3/c1-24(2,3)20-14-17(15-21(23(20)29)25(4,5)6)11-12-22(28)27-26-16-18-9-8-10-19(13-18)30-7/h8-10,13-16,29H,11-12H2,1-7H3,(H,27,28)/b26-16-. The molecule has 0 aliphatic rings. The third-order valence-corrected chi connectivity index (χ3v) is 4.92. The second kappa shape index (κ2) is 9.33. The van der Waals surface area contributed by atoms with E-state index < -0.39 is 0 Å². The Balaban J connectivity index is 2.09. The van der Waals surface area contributed by atoms with Crippen molar-refractivity contribution >= 4 is 12.1 Å². The maximum atomic E-state index is 12.3. The molecule has 0 saturated carbocycles. The van der Waals surface area contributed by atoms with Gasteiger partial charge in [0, 0.05) is 6.42 Å². The van der Waals surface area contributed by atoms with Crippen LogP contribution in [0, 0.1) is 0 Å². The van der Waals surface area contributed by atoms with Crippen LogP contribution in [0.3, 0.4) is 0 Å². The SMILES string of the molecule is COc1cccc(/C=N\NC(=O)CCc2cc(C(C)(C)C)c(O)c(C(C)(C)C)c2)c1. The molecule has 5 heteroatoms. The fraction of sp³-hybridized carbons (Fsp3) is 0.440. The molecule has 0 fully saturated rings. The van der Waals surface area contributed by atoms with Gasteiger partial charge in [0.05, 0.1) is 13.3 Å². The largest absolute Gasteiger partial charge is 0.507 e. The van der Waals surface area contributed by atoms with Crippen molar-refractivity contribution in [2.75, 3.05) is 7.11 Å². The summed E-state index contributed by atoms with van der Waals surface area (Å²) in [4.78, 5) is 12.3. The number of benzene rings is 2. The summed E-state index contributed by atoms with van der Waals surface area (Å²) in [6, 6.07) is 11.5. The first kappa shape index (κ1) is 23.5. The lowest BCUT2D eigenvalue weighted by Crippen LogP contribution is -2.20. The minimum absolute atomic E-state index is 0.156. The fourth-order valence-electron chi connectivity index (χ4n) is 3.20. The summed E-state index contributed by atoms with van der Waals surface area (Å²) >= 11 is 0. The second-order valence-corrected chi connectivity index (χ2v) is 9.61. The molecule has 0 unspecified atom stereocenters. The number of phenols is 1. The zero-order valence-electron chi connectivity index (χ0n) is 19.2. The Kier molecular flexibility index (Phi) is 7.30. The highest BCUT2D eigenvalue weighted by Gasteiger charge is 2.26. The highest BCUT2D eigenvalue weighted by molar-refractivity contribution is 5.82. The Labute approximate surface area is 180 Å². The molecular weight excluding hydrogens is 376 g/mol. The quantitative estimate of drug-likeness (QED) is 0.515. The molecule has 0 aromatic heterocycles. The number of nitrogens with one attached hydrogen (secondary N) is 1. The number of carbonyl (C=O) groups is 1. The topological polar surface area (TPSA) is 70.9 Å². The monoisotopic (exact) mass is 410 g/mol. The van der Waals surface area contributed by atoms with E-state index in [1.54, 1.807) is 13.3 Å². The van der Waals surface area contributed by atoms with E-state index in [0.717, 1.165) is 28.0 Å². The van der Waals surface area contributed by atoms with Crippen molar-refractivity contribution in [3.63, 3.8) is 0 Å². The third kappa shape index (κ3) is 6.34. The average molecular weight is 411 g/mol. The normalized spacial score (nSPS) is 12.2. The molecule has 2 rings (SSSR count). The first-order chi connectivity index (χ1) is 13.9. The van der Waals surface area contributed by atoms with E-state index in [9.17, 15) is 9.90 Å². The van der Waals surface area contributed by atoms with Crippen molar-refractivity contribution in [2.45, 2.75) is 65.2 Å². The van der Waals surface area contributed by atoms with E-state index in [1.165, 1.54) is 0 Å². The minimum Gasteiger partial charge on any atom is -0.507 e. The van der Waals surface area contributed by atoms with Crippen LogP contribution in [0.15, 0.2) is 41.5 Å². The van der Waals surface area contributed by atoms with Crippen LogP contribution in [0.4, 0.5) is 0 Å². The lowest BCUT2D eigenvalue weighted by molar-refractivity contribution is -0.121. The van der Waals surface area contributed by atoms with Crippen molar-refractivity contribution < 1.29 is 14.6 Å². The zero-order valence-corrected chi connectivity index (χ0v) is 19.2. The molecule has 0 spiro atoms. The maximum Gasteiger partial charge on any atom is 0.240 e. The molecule has 5 nitrogen and oxygen atoms in total. The van der Waals surface area contributed by atoms with E-state index in [2.05, 4.69) is 52.1 Å². The number of nitrogens with zero attached hydrogens (tertiary/aromatic N) is 1. The van der Waals surface area contributed by atoms with Crippen LogP contribution in [0.25, 0.3) is 0 Å². The highest BCUT2D eigenvalue weighted by Crippen LogP contribution is 2.39. The highest BCUT2D eigenvalue weighted by atomic mass is 16.5. The predicted octanol–water partition coefficient (Wildman–Crippen LogP) is 5.08. The molecule has 30 heavy (non-hydrogen) atoms. The number of hydrogen-bond donors (Lipinski definition) is 2. The van der Waals surface area contributed by atoms with Crippen molar-refractivity contribution in [3.05, 3.63) is 58.7 Å². The molecule has 0 atom stereocenters. The first-order valence-corrected chi connectivity index (χ1v) is 10.2. The van der Waals surface area contributed by atoms with E-state index in [4.69, 9.17) is 4.74 Å².